The number of carbonyl (C=O) groups is 4. The predicted octanol–water partition coefficient (Wildman–Crippen LogP) is 0.929. The fourth-order valence-corrected chi connectivity index (χ4v) is 1.34. The maximum absolute atomic E-state index is 12.2. The van der Waals surface area contributed by atoms with Gasteiger partial charge in [0, 0.05) is 6.42 Å². The second kappa shape index (κ2) is 7.35. The summed E-state index contributed by atoms with van der Waals surface area (Å²) in [6.07, 6.45) is -0.180. The quantitative estimate of drug-likeness (QED) is 0.347. The first-order valence-corrected chi connectivity index (χ1v) is 6.70. The van der Waals surface area contributed by atoms with Gasteiger partial charge in [0.1, 0.15) is 11.9 Å². The van der Waals surface area contributed by atoms with Crippen molar-refractivity contribution in [1.82, 2.24) is 5.06 Å². The van der Waals surface area contributed by atoms with Crippen LogP contribution in [-0.2, 0) is 28.8 Å². The highest BCUT2D eigenvalue weighted by Gasteiger charge is 2.39. The van der Waals surface area contributed by atoms with Crippen molar-refractivity contribution < 1.29 is 33.9 Å². The smallest absolute Gasteiger partial charge is 0.399 e. The van der Waals surface area contributed by atoms with Gasteiger partial charge in [0.05, 0.1) is 5.60 Å². The molecule has 0 spiro atoms. The molecule has 0 bridgehead atoms. The molecule has 0 heterocycles. The summed E-state index contributed by atoms with van der Waals surface area (Å²) in [5.41, 5.74) is -1.88. The molecular weight excluding hydrogens is 294 g/mol. The summed E-state index contributed by atoms with van der Waals surface area (Å²) in [6, 6.07) is -1.61. The van der Waals surface area contributed by atoms with Crippen LogP contribution < -0.4 is 0 Å². The number of esters is 1. The molecule has 0 saturated heterocycles. The van der Waals surface area contributed by atoms with E-state index in [1.54, 1.807) is 41.5 Å². The number of aliphatic carboxylic acids is 1. The van der Waals surface area contributed by atoms with Crippen molar-refractivity contribution in [2.45, 2.75) is 65.2 Å². The molecule has 0 aliphatic rings. The van der Waals surface area contributed by atoms with E-state index in [0.29, 0.717) is 11.3 Å². The zero-order valence-electron chi connectivity index (χ0n) is 13.7. The van der Waals surface area contributed by atoms with Crippen LogP contribution in [0.25, 0.3) is 0 Å². The Kier molecular flexibility index (Phi) is 6.69. The van der Waals surface area contributed by atoms with Crippen LogP contribution >= 0.6 is 0 Å². The molecule has 1 N–H and O–H groups in total. The van der Waals surface area contributed by atoms with Crippen molar-refractivity contribution in [1.29, 1.82) is 0 Å². The Balaban J connectivity index is 5.47. The van der Waals surface area contributed by atoms with Gasteiger partial charge in [0.2, 0.25) is 0 Å². The van der Waals surface area contributed by atoms with E-state index in [0.717, 1.165) is 0 Å². The SMILES string of the molecule is CC(C)(C)OC(=O)C(=O)N(OC(C)(C)C)[C@@H](CC=O)C(=O)O. The van der Waals surface area contributed by atoms with Crippen LogP contribution in [-0.4, -0.2) is 51.5 Å². The zero-order chi connectivity index (χ0) is 17.7. The predicted molar refractivity (Wildman–Crippen MR) is 75.6 cm³/mol. The second-order valence-electron chi connectivity index (χ2n) is 6.59. The summed E-state index contributed by atoms with van der Waals surface area (Å²) in [7, 11) is 0. The largest absolute Gasteiger partial charge is 0.480 e. The van der Waals surface area contributed by atoms with Gasteiger partial charge < -0.3 is 14.6 Å². The number of rotatable bonds is 5. The highest BCUT2D eigenvalue weighted by atomic mass is 16.7. The van der Waals surface area contributed by atoms with Gasteiger partial charge in [-0.15, -0.1) is 0 Å². The van der Waals surface area contributed by atoms with Gasteiger partial charge in [-0.05, 0) is 41.5 Å². The molecule has 126 valence electrons. The Bertz CT molecular complexity index is 445. The number of hydroxylamine groups is 2. The van der Waals surface area contributed by atoms with Crippen molar-refractivity contribution in [2.75, 3.05) is 0 Å². The van der Waals surface area contributed by atoms with Gasteiger partial charge >= 0.3 is 17.8 Å². The number of aldehydes is 1. The molecule has 1 amide bonds. The third kappa shape index (κ3) is 7.16. The maximum Gasteiger partial charge on any atom is 0.399 e. The fraction of sp³-hybridized carbons (Fsp3) is 0.714. The van der Waals surface area contributed by atoms with Crippen molar-refractivity contribution in [3.8, 4) is 0 Å². The van der Waals surface area contributed by atoms with Gasteiger partial charge in [-0.1, -0.05) is 0 Å². The molecule has 0 aliphatic carbocycles. The molecule has 1 atom stereocenters. The molecule has 22 heavy (non-hydrogen) atoms. The summed E-state index contributed by atoms with van der Waals surface area (Å²) < 4.78 is 4.91. The van der Waals surface area contributed by atoms with Crippen molar-refractivity contribution in [2.24, 2.45) is 0 Å². The molecule has 0 radical (unpaired) electrons. The van der Waals surface area contributed by atoms with E-state index in [4.69, 9.17) is 14.7 Å². The lowest BCUT2D eigenvalue weighted by Crippen LogP contribution is -2.52. The molecule has 0 unspecified atom stereocenters. The van der Waals surface area contributed by atoms with Crippen LogP contribution in [0.2, 0.25) is 0 Å². The van der Waals surface area contributed by atoms with Gasteiger partial charge in [0.15, 0.2) is 6.04 Å². The summed E-state index contributed by atoms with van der Waals surface area (Å²) in [5, 5.41) is 9.54. The first-order valence-electron chi connectivity index (χ1n) is 6.70. The molecule has 0 aromatic heterocycles. The summed E-state index contributed by atoms with van der Waals surface area (Å²) in [5.74, 6) is -4.00. The van der Waals surface area contributed by atoms with E-state index in [1.165, 1.54) is 0 Å². The molecule has 0 saturated carbocycles. The van der Waals surface area contributed by atoms with E-state index >= 15 is 0 Å². The number of nitrogens with zero attached hydrogens (tertiary/aromatic N) is 1. The number of hydrogen-bond acceptors (Lipinski definition) is 6. The van der Waals surface area contributed by atoms with Crippen molar-refractivity contribution >= 4 is 24.1 Å². The van der Waals surface area contributed by atoms with Gasteiger partial charge in [0.25, 0.3) is 0 Å². The normalized spacial score (nSPS) is 13.2. The Morgan fingerprint density at radius 2 is 1.59 bits per heavy atom. The molecule has 8 heteroatoms. The Morgan fingerprint density at radius 3 is 1.91 bits per heavy atom. The molecule has 0 aromatic carbocycles. The third-order valence-electron chi connectivity index (χ3n) is 2.03. The van der Waals surface area contributed by atoms with E-state index in [-0.39, 0.29) is 0 Å². The minimum Gasteiger partial charge on any atom is -0.480 e. The summed E-state index contributed by atoms with van der Waals surface area (Å²) in [4.78, 5) is 51.1. The minimum absolute atomic E-state index is 0.334. The topological polar surface area (TPSA) is 110 Å². The van der Waals surface area contributed by atoms with Crippen LogP contribution in [0.1, 0.15) is 48.0 Å². The zero-order valence-corrected chi connectivity index (χ0v) is 13.7. The first kappa shape index (κ1) is 20.0. The highest BCUT2D eigenvalue weighted by Crippen LogP contribution is 2.17. The number of amides is 1. The molecular formula is C14H23NO7. The third-order valence-corrected chi connectivity index (χ3v) is 2.03. The van der Waals surface area contributed by atoms with Crippen LogP contribution in [0.4, 0.5) is 0 Å². The van der Waals surface area contributed by atoms with E-state index in [1.807, 2.05) is 0 Å². The minimum atomic E-state index is -1.61. The number of ether oxygens (including phenoxy) is 1. The van der Waals surface area contributed by atoms with Gasteiger partial charge in [-0.3, -0.25) is 9.63 Å². The van der Waals surface area contributed by atoms with Gasteiger partial charge in [-0.2, -0.15) is 5.06 Å². The number of hydrogen-bond donors (Lipinski definition) is 1. The van der Waals surface area contributed by atoms with Crippen LogP contribution in [0.15, 0.2) is 0 Å². The lowest BCUT2D eigenvalue weighted by molar-refractivity contribution is -0.246. The number of carbonyl (C=O) groups excluding carboxylic acids is 3. The summed E-state index contributed by atoms with van der Waals surface area (Å²) in [6.45, 7) is 9.40. The van der Waals surface area contributed by atoms with E-state index < -0.39 is 41.5 Å². The molecule has 8 nitrogen and oxygen atoms in total. The fourth-order valence-electron chi connectivity index (χ4n) is 1.34. The van der Waals surface area contributed by atoms with Crippen LogP contribution in [0.3, 0.4) is 0 Å². The van der Waals surface area contributed by atoms with E-state index in [9.17, 15) is 19.2 Å². The standard InChI is InChI=1S/C14H23NO7/c1-13(2,3)21-12(20)10(17)15(22-14(4,5)6)9(7-8-16)11(18)19/h8-9H,7H2,1-6H3,(H,18,19)/t9-/m0/s1. The lowest BCUT2D eigenvalue weighted by Gasteiger charge is -2.32. The Hall–Kier alpha value is -1.96. The average molecular weight is 317 g/mol. The molecule has 0 rings (SSSR count). The number of carboxylic acid groups (broad SMARTS) is 1. The molecule has 0 aliphatic heterocycles. The average Bonchev–Trinajstić information content (AvgIpc) is 2.28. The molecule has 0 aromatic rings. The van der Waals surface area contributed by atoms with Crippen LogP contribution in [0.5, 0.6) is 0 Å². The Morgan fingerprint density at radius 1 is 1.09 bits per heavy atom. The highest BCUT2D eigenvalue weighted by molar-refractivity contribution is 6.32. The summed E-state index contributed by atoms with van der Waals surface area (Å²) >= 11 is 0. The van der Waals surface area contributed by atoms with Crippen molar-refractivity contribution in [3.63, 3.8) is 0 Å². The Labute approximate surface area is 129 Å². The van der Waals surface area contributed by atoms with Crippen molar-refractivity contribution in [3.05, 3.63) is 0 Å². The lowest BCUT2D eigenvalue weighted by atomic mass is 10.2. The monoisotopic (exact) mass is 317 g/mol. The first-order chi connectivity index (χ1) is 9.78. The second-order valence-corrected chi connectivity index (χ2v) is 6.59. The maximum atomic E-state index is 12.2. The molecule has 0 fully saturated rings. The van der Waals surface area contributed by atoms with E-state index in [2.05, 4.69) is 0 Å². The van der Waals surface area contributed by atoms with Crippen LogP contribution in [0, 0.1) is 0 Å². The number of carboxylic acids is 1. The van der Waals surface area contributed by atoms with Gasteiger partial charge in [-0.25, -0.2) is 9.59 Å².